The fourth-order valence-electron chi connectivity index (χ4n) is 4.78. The highest BCUT2D eigenvalue weighted by Crippen LogP contribution is 2.38. The van der Waals surface area contributed by atoms with Crippen molar-refractivity contribution in [2.45, 2.75) is 70.8 Å². The summed E-state index contributed by atoms with van der Waals surface area (Å²) < 4.78 is 5.63. The Morgan fingerprint density at radius 1 is 1.15 bits per heavy atom. The van der Waals surface area contributed by atoms with Gasteiger partial charge in [-0.15, -0.1) is 0 Å². The van der Waals surface area contributed by atoms with Crippen LogP contribution in [0.25, 0.3) is 0 Å². The number of nitrogens with zero attached hydrogens (tertiary/aromatic N) is 1. The lowest BCUT2D eigenvalue weighted by Gasteiger charge is -2.41. The molecule has 1 N–H and O–H groups in total. The number of rotatable bonds is 4. The van der Waals surface area contributed by atoms with E-state index in [0.29, 0.717) is 18.0 Å². The molecule has 0 bridgehead atoms. The van der Waals surface area contributed by atoms with E-state index < -0.39 is 0 Å². The summed E-state index contributed by atoms with van der Waals surface area (Å²) in [5.41, 5.74) is 3.06. The molecule has 1 aliphatic heterocycles. The zero-order valence-electron chi connectivity index (χ0n) is 17.5. The maximum absolute atomic E-state index is 12.9. The highest BCUT2D eigenvalue weighted by Gasteiger charge is 2.37. The summed E-state index contributed by atoms with van der Waals surface area (Å²) in [6.45, 7) is 9.04. The van der Waals surface area contributed by atoms with Gasteiger partial charge in [0, 0.05) is 38.3 Å². The van der Waals surface area contributed by atoms with Crippen molar-refractivity contribution in [1.82, 2.24) is 10.2 Å². The van der Waals surface area contributed by atoms with Crippen LogP contribution in [0.1, 0.15) is 63.5 Å². The number of nitrogens with one attached hydrogen (secondary N) is 1. The second-order valence-corrected chi connectivity index (χ2v) is 9.37. The molecule has 1 aliphatic carbocycles. The van der Waals surface area contributed by atoms with Crippen molar-refractivity contribution in [2.75, 3.05) is 26.8 Å². The monoisotopic (exact) mass is 372 g/mol. The number of urea groups is 1. The Morgan fingerprint density at radius 3 is 2.41 bits per heavy atom. The summed E-state index contributed by atoms with van der Waals surface area (Å²) in [6.07, 6.45) is 6.51. The first-order valence-electron chi connectivity index (χ1n) is 10.5. The minimum absolute atomic E-state index is 0.0192. The molecule has 2 aliphatic rings. The lowest BCUT2D eigenvalue weighted by Crippen LogP contribution is -2.51. The van der Waals surface area contributed by atoms with E-state index in [4.69, 9.17) is 4.74 Å². The Kier molecular flexibility index (Phi) is 6.15. The third-order valence-corrected chi connectivity index (χ3v) is 6.92. The van der Waals surface area contributed by atoms with Gasteiger partial charge in [-0.1, -0.05) is 38.1 Å². The number of hydrogen-bond acceptors (Lipinski definition) is 2. The molecule has 27 heavy (non-hydrogen) atoms. The van der Waals surface area contributed by atoms with Crippen LogP contribution in [0.3, 0.4) is 0 Å². The molecule has 1 heterocycles. The number of carbonyl (C=O) groups excluding carboxylic acids is 1. The largest absolute Gasteiger partial charge is 0.381 e. The standard InChI is InChI=1S/C23H36N2O2/c1-18-7-5-6-8-20(18)23(13-15-27-16-14-23)17-24-21(26)25(4)19-9-11-22(2,3)12-10-19/h5-8,19H,9-17H2,1-4H3,(H,24,26). The third-order valence-electron chi connectivity index (χ3n) is 6.92. The Bertz CT molecular complexity index is 640. The number of benzene rings is 1. The van der Waals surface area contributed by atoms with Gasteiger partial charge in [-0.05, 0) is 62.0 Å². The molecular weight excluding hydrogens is 336 g/mol. The number of ether oxygens (including phenoxy) is 1. The fraction of sp³-hybridized carbons (Fsp3) is 0.696. The van der Waals surface area contributed by atoms with Crippen molar-refractivity contribution in [3.05, 3.63) is 35.4 Å². The van der Waals surface area contributed by atoms with Gasteiger partial charge in [-0.25, -0.2) is 4.79 Å². The van der Waals surface area contributed by atoms with E-state index in [1.807, 2.05) is 11.9 Å². The van der Waals surface area contributed by atoms with Gasteiger partial charge in [-0.2, -0.15) is 0 Å². The van der Waals surface area contributed by atoms with Crippen molar-refractivity contribution < 1.29 is 9.53 Å². The van der Waals surface area contributed by atoms with Crippen LogP contribution in [0.15, 0.2) is 24.3 Å². The van der Waals surface area contributed by atoms with Gasteiger partial charge in [0.2, 0.25) is 0 Å². The summed E-state index contributed by atoms with van der Waals surface area (Å²) in [6, 6.07) is 9.02. The zero-order valence-corrected chi connectivity index (χ0v) is 17.5. The Labute approximate surface area is 164 Å². The molecule has 0 spiro atoms. The van der Waals surface area contributed by atoms with E-state index in [2.05, 4.69) is 50.4 Å². The van der Waals surface area contributed by atoms with Crippen LogP contribution in [0.4, 0.5) is 4.79 Å². The molecule has 1 aromatic carbocycles. The highest BCUT2D eigenvalue weighted by atomic mass is 16.5. The molecule has 3 rings (SSSR count). The van der Waals surface area contributed by atoms with Gasteiger partial charge in [0.15, 0.2) is 0 Å². The summed E-state index contributed by atoms with van der Waals surface area (Å²) in [7, 11) is 1.96. The van der Waals surface area contributed by atoms with Crippen molar-refractivity contribution >= 4 is 6.03 Å². The minimum Gasteiger partial charge on any atom is -0.381 e. The van der Waals surface area contributed by atoms with E-state index >= 15 is 0 Å². The first-order valence-corrected chi connectivity index (χ1v) is 10.5. The van der Waals surface area contributed by atoms with E-state index in [9.17, 15) is 4.79 Å². The van der Waals surface area contributed by atoms with Crippen LogP contribution in [0, 0.1) is 12.3 Å². The second kappa shape index (κ2) is 8.22. The fourth-order valence-corrected chi connectivity index (χ4v) is 4.78. The van der Waals surface area contributed by atoms with Crippen LogP contribution >= 0.6 is 0 Å². The number of hydrogen-bond donors (Lipinski definition) is 1. The van der Waals surface area contributed by atoms with Crippen LogP contribution in [-0.2, 0) is 10.2 Å². The molecular formula is C23H36N2O2. The Hall–Kier alpha value is -1.55. The molecule has 1 saturated carbocycles. The molecule has 4 nitrogen and oxygen atoms in total. The zero-order chi connectivity index (χ0) is 19.5. The predicted octanol–water partition coefficient (Wildman–Crippen LogP) is 4.65. The van der Waals surface area contributed by atoms with Crippen molar-refractivity contribution in [3.63, 3.8) is 0 Å². The first kappa shape index (κ1) is 20.2. The van der Waals surface area contributed by atoms with E-state index in [1.165, 1.54) is 24.0 Å². The molecule has 2 fully saturated rings. The lowest BCUT2D eigenvalue weighted by molar-refractivity contribution is 0.0495. The number of amides is 2. The van der Waals surface area contributed by atoms with Gasteiger partial charge in [0.25, 0.3) is 0 Å². The quantitative estimate of drug-likeness (QED) is 0.835. The predicted molar refractivity (Wildman–Crippen MR) is 110 cm³/mol. The van der Waals surface area contributed by atoms with Crippen molar-refractivity contribution in [3.8, 4) is 0 Å². The summed E-state index contributed by atoms with van der Waals surface area (Å²) in [4.78, 5) is 14.8. The van der Waals surface area contributed by atoms with Crippen LogP contribution in [0.5, 0.6) is 0 Å². The SMILES string of the molecule is Cc1ccccc1C1(CNC(=O)N(C)C2CCC(C)(C)CC2)CCOCC1. The van der Waals surface area contributed by atoms with Gasteiger partial charge in [0.05, 0.1) is 0 Å². The number of carbonyl (C=O) groups is 1. The lowest BCUT2D eigenvalue weighted by atomic mass is 9.72. The molecule has 2 amide bonds. The van der Waals surface area contributed by atoms with Crippen molar-refractivity contribution in [2.24, 2.45) is 5.41 Å². The van der Waals surface area contributed by atoms with Crippen molar-refractivity contribution in [1.29, 1.82) is 0 Å². The second-order valence-electron chi connectivity index (χ2n) is 9.37. The topological polar surface area (TPSA) is 41.6 Å². The smallest absolute Gasteiger partial charge is 0.317 e. The van der Waals surface area contributed by atoms with Gasteiger partial charge in [0.1, 0.15) is 0 Å². The minimum atomic E-state index is -0.0192. The maximum atomic E-state index is 12.9. The first-order chi connectivity index (χ1) is 12.8. The highest BCUT2D eigenvalue weighted by molar-refractivity contribution is 5.74. The van der Waals surface area contributed by atoms with Gasteiger partial charge in [-0.3, -0.25) is 0 Å². The molecule has 0 atom stereocenters. The van der Waals surface area contributed by atoms with Gasteiger partial charge < -0.3 is 15.0 Å². The van der Waals surface area contributed by atoms with Crippen LogP contribution in [-0.4, -0.2) is 43.8 Å². The van der Waals surface area contributed by atoms with Crippen LogP contribution < -0.4 is 5.32 Å². The average Bonchev–Trinajstić information content (AvgIpc) is 2.66. The average molecular weight is 373 g/mol. The third kappa shape index (κ3) is 4.66. The molecule has 150 valence electrons. The summed E-state index contributed by atoms with van der Waals surface area (Å²) >= 11 is 0. The molecule has 0 radical (unpaired) electrons. The molecule has 1 saturated heterocycles. The van der Waals surface area contributed by atoms with E-state index in [-0.39, 0.29) is 11.4 Å². The molecule has 1 aromatic rings. The van der Waals surface area contributed by atoms with Crippen LogP contribution in [0.2, 0.25) is 0 Å². The molecule has 0 unspecified atom stereocenters. The molecule has 0 aromatic heterocycles. The summed E-state index contributed by atoms with van der Waals surface area (Å²) in [5, 5.41) is 3.27. The number of aryl methyl sites for hydroxylation is 1. The summed E-state index contributed by atoms with van der Waals surface area (Å²) in [5.74, 6) is 0. The Morgan fingerprint density at radius 2 is 1.78 bits per heavy atom. The van der Waals surface area contributed by atoms with Gasteiger partial charge >= 0.3 is 6.03 Å². The molecule has 4 heteroatoms. The van der Waals surface area contributed by atoms with E-state index in [1.54, 1.807) is 0 Å². The maximum Gasteiger partial charge on any atom is 0.317 e. The van der Waals surface area contributed by atoms with E-state index in [0.717, 1.165) is 38.9 Å². The normalized spacial score (nSPS) is 22.2. The Balaban J connectivity index is 1.65.